The van der Waals surface area contributed by atoms with Crippen molar-refractivity contribution < 1.29 is 13.2 Å². The molecule has 0 aromatic heterocycles. The molecular weight excluding hydrogens is 374 g/mol. The quantitative estimate of drug-likeness (QED) is 0.808. The molecule has 1 aliphatic rings. The fourth-order valence-electron chi connectivity index (χ4n) is 3.63. The molecule has 0 unspecified atom stereocenters. The molecule has 3 rings (SSSR count). The standard InChI is InChI=1S/C21H27N3O3S/c1-15-13-18-14-20(9-10-21(18)24(15)16(2)25)28(26,27)22-12-11-17-5-7-19(8-6-17)23(3)4/h5-10,14-15,22H,11-13H2,1-4H3/t15-/m0/s1. The van der Waals surface area contributed by atoms with E-state index in [9.17, 15) is 13.2 Å². The first-order chi connectivity index (χ1) is 13.2. The average Bonchev–Trinajstić information content (AvgIpc) is 2.97. The summed E-state index contributed by atoms with van der Waals surface area (Å²) in [6.07, 6.45) is 1.28. The van der Waals surface area contributed by atoms with E-state index in [1.807, 2.05) is 50.2 Å². The Morgan fingerprint density at radius 2 is 1.86 bits per heavy atom. The van der Waals surface area contributed by atoms with Gasteiger partial charge in [0.05, 0.1) is 4.90 Å². The van der Waals surface area contributed by atoms with Crippen molar-refractivity contribution in [1.82, 2.24) is 4.72 Å². The number of nitrogens with zero attached hydrogens (tertiary/aromatic N) is 2. The van der Waals surface area contributed by atoms with E-state index in [1.54, 1.807) is 23.1 Å². The molecule has 1 heterocycles. The maximum atomic E-state index is 12.7. The zero-order chi connectivity index (χ0) is 20.5. The van der Waals surface area contributed by atoms with Crippen molar-refractivity contribution in [2.45, 2.75) is 37.6 Å². The molecule has 1 atom stereocenters. The number of carbonyl (C=O) groups is 1. The van der Waals surface area contributed by atoms with Crippen LogP contribution in [0.4, 0.5) is 11.4 Å². The molecule has 0 saturated heterocycles. The van der Waals surface area contributed by atoms with Gasteiger partial charge in [-0.1, -0.05) is 12.1 Å². The second-order valence-electron chi connectivity index (χ2n) is 7.44. The summed E-state index contributed by atoms with van der Waals surface area (Å²) < 4.78 is 28.0. The second-order valence-corrected chi connectivity index (χ2v) is 9.21. The van der Waals surface area contributed by atoms with Crippen LogP contribution in [-0.4, -0.2) is 41.0 Å². The monoisotopic (exact) mass is 401 g/mol. The van der Waals surface area contributed by atoms with Gasteiger partial charge in [-0.3, -0.25) is 4.79 Å². The number of sulfonamides is 1. The first kappa shape index (κ1) is 20.4. The van der Waals surface area contributed by atoms with Gasteiger partial charge in [-0.25, -0.2) is 13.1 Å². The number of rotatable bonds is 6. The summed E-state index contributed by atoms with van der Waals surface area (Å²) in [7, 11) is 0.374. The Bertz CT molecular complexity index is 969. The lowest BCUT2D eigenvalue weighted by Gasteiger charge is -2.20. The van der Waals surface area contributed by atoms with Crippen LogP contribution >= 0.6 is 0 Å². The van der Waals surface area contributed by atoms with E-state index in [2.05, 4.69) is 4.72 Å². The number of hydrogen-bond acceptors (Lipinski definition) is 4. The fraction of sp³-hybridized carbons (Fsp3) is 0.381. The number of carbonyl (C=O) groups excluding carboxylic acids is 1. The summed E-state index contributed by atoms with van der Waals surface area (Å²) in [5, 5.41) is 0. The van der Waals surface area contributed by atoms with E-state index >= 15 is 0 Å². The Morgan fingerprint density at radius 3 is 2.46 bits per heavy atom. The van der Waals surface area contributed by atoms with Gasteiger partial charge in [0.2, 0.25) is 15.9 Å². The Hall–Kier alpha value is -2.38. The molecule has 6 nitrogen and oxygen atoms in total. The van der Waals surface area contributed by atoms with Crippen molar-refractivity contribution in [1.29, 1.82) is 0 Å². The largest absolute Gasteiger partial charge is 0.378 e. The lowest BCUT2D eigenvalue weighted by atomic mass is 10.1. The van der Waals surface area contributed by atoms with Gasteiger partial charge in [0.15, 0.2) is 0 Å². The van der Waals surface area contributed by atoms with Crippen molar-refractivity contribution in [2.75, 3.05) is 30.4 Å². The Morgan fingerprint density at radius 1 is 1.18 bits per heavy atom. The van der Waals surface area contributed by atoms with Crippen molar-refractivity contribution in [3.8, 4) is 0 Å². The van der Waals surface area contributed by atoms with Crippen LogP contribution in [0.15, 0.2) is 47.4 Å². The van der Waals surface area contributed by atoms with Crippen LogP contribution in [0.1, 0.15) is 25.0 Å². The third kappa shape index (κ3) is 4.20. The number of amides is 1. The Kier molecular flexibility index (Phi) is 5.76. The van der Waals surface area contributed by atoms with Gasteiger partial charge in [0, 0.05) is 45.0 Å². The van der Waals surface area contributed by atoms with Crippen LogP contribution < -0.4 is 14.5 Å². The predicted molar refractivity (Wildman–Crippen MR) is 112 cm³/mol. The van der Waals surface area contributed by atoms with Gasteiger partial charge in [0.25, 0.3) is 0 Å². The minimum absolute atomic E-state index is 0.0275. The van der Waals surface area contributed by atoms with Crippen molar-refractivity contribution >= 4 is 27.3 Å². The van der Waals surface area contributed by atoms with Crippen molar-refractivity contribution in [3.05, 3.63) is 53.6 Å². The maximum absolute atomic E-state index is 12.7. The van der Waals surface area contributed by atoms with E-state index in [-0.39, 0.29) is 16.8 Å². The van der Waals surface area contributed by atoms with Crippen molar-refractivity contribution in [3.63, 3.8) is 0 Å². The number of fused-ring (bicyclic) bond motifs is 1. The molecular formula is C21H27N3O3S. The molecule has 0 spiro atoms. The third-order valence-corrected chi connectivity index (χ3v) is 6.53. The summed E-state index contributed by atoms with van der Waals surface area (Å²) in [5.74, 6) is -0.0275. The molecule has 1 N–H and O–H groups in total. The molecule has 1 aliphatic heterocycles. The molecule has 1 amide bonds. The SMILES string of the molecule is CC(=O)N1c2ccc(S(=O)(=O)NCCc3ccc(N(C)C)cc3)cc2C[C@@H]1C. The lowest BCUT2D eigenvalue weighted by Crippen LogP contribution is -2.33. The molecule has 0 bridgehead atoms. The first-order valence-electron chi connectivity index (χ1n) is 9.37. The van der Waals surface area contributed by atoms with Gasteiger partial charge >= 0.3 is 0 Å². The van der Waals surface area contributed by atoms with Gasteiger partial charge in [-0.2, -0.15) is 0 Å². The van der Waals surface area contributed by atoms with E-state index in [4.69, 9.17) is 0 Å². The lowest BCUT2D eigenvalue weighted by molar-refractivity contribution is -0.116. The number of nitrogens with one attached hydrogen (secondary N) is 1. The van der Waals surface area contributed by atoms with Crippen LogP contribution in [0.5, 0.6) is 0 Å². The van der Waals surface area contributed by atoms with E-state index < -0.39 is 10.0 Å². The highest BCUT2D eigenvalue weighted by Gasteiger charge is 2.30. The summed E-state index contributed by atoms with van der Waals surface area (Å²) >= 11 is 0. The molecule has 2 aromatic rings. The van der Waals surface area contributed by atoms with E-state index in [0.717, 1.165) is 22.5 Å². The van der Waals surface area contributed by atoms with Crippen LogP contribution in [0, 0.1) is 0 Å². The predicted octanol–water partition coefficient (Wildman–Crippen LogP) is 2.57. The molecule has 2 aromatic carbocycles. The van der Waals surface area contributed by atoms with Crippen LogP contribution in [0.25, 0.3) is 0 Å². The molecule has 0 aliphatic carbocycles. The average molecular weight is 402 g/mol. The molecule has 28 heavy (non-hydrogen) atoms. The van der Waals surface area contributed by atoms with Gasteiger partial charge in [-0.05, 0) is 61.2 Å². The minimum atomic E-state index is -3.59. The Balaban J connectivity index is 1.67. The zero-order valence-corrected chi connectivity index (χ0v) is 17.6. The summed E-state index contributed by atoms with van der Waals surface area (Å²) in [6.45, 7) is 3.83. The normalized spacial score (nSPS) is 16.1. The minimum Gasteiger partial charge on any atom is -0.378 e. The highest BCUT2D eigenvalue weighted by Crippen LogP contribution is 2.33. The maximum Gasteiger partial charge on any atom is 0.240 e. The van der Waals surface area contributed by atoms with Crippen LogP contribution in [-0.2, 0) is 27.7 Å². The highest BCUT2D eigenvalue weighted by atomic mass is 32.2. The zero-order valence-electron chi connectivity index (χ0n) is 16.8. The summed E-state index contributed by atoms with van der Waals surface area (Å²) in [6, 6.07) is 13.1. The molecule has 150 valence electrons. The highest BCUT2D eigenvalue weighted by molar-refractivity contribution is 7.89. The van der Waals surface area contributed by atoms with E-state index in [1.165, 1.54) is 6.92 Å². The van der Waals surface area contributed by atoms with Crippen molar-refractivity contribution in [2.24, 2.45) is 0 Å². The van der Waals surface area contributed by atoms with Crippen LogP contribution in [0.2, 0.25) is 0 Å². The molecule has 0 radical (unpaired) electrons. The summed E-state index contributed by atoms with van der Waals surface area (Å²) in [4.78, 5) is 15.8. The molecule has 0 saturated carbocycles. The number of benzene rings is 2. The second kappa shape index (κ2) is 7.93. The Labute approximate surface area is 167 Å². The molecule has 0 fully saturated rings. The van der Waals surface area contributed by atoms with Gasteiger partial charge in [-0.15, -0.1) is 0 Å². The topological polar surface area (TPSA) is 69.7 Å². The third-order valence-electron chi connectivity index (χ3n) is 5.07. The first-order valence-corrected chi connectivity index (χ1v) is 10.9. The fourth-order valence-corrected chi connectivity index (χ4v) is 4.71. The van der Waals surface area contributed by atoms with Crippen LogP contribution in [0.3, 0.4) is 0 Å². The molecule has 7 heteroatoms. The van der Waals surface area contributed by atoms with E-state index in [0.29, 0.717) is 19.4 Å². The van der Waals surface area contributed by atoms with Gasteiger partial charge in [0.1, 0.15) is 0 Å². The summed E-state index contributed by atoms with van der Waals surface area (Å²) in [5.41, 5.74) is 3.88. The number of anilines is 2. The number of hydrogen-bond donors (Lipinski definition) is 1. The van der Waals surface area contributed by atoms with Gasteiger partial charge < -0.3 is 9.80 Å². The smallest absolute Gasteiger partial charge is 0.240 e.